The number of rotatable bonds is 12. The number of nitrogens with zero attached hydrogens (tertiary/aromatic N) is 3. The van der Waals surface area contributed by atoms with Crippen LogP contribution < -0.4 is 0 Å². The van der Waals surface area contributed by atoms with E-state index in [1.807, 2.05) is 6.11 Å². The van der Waals surface area contributed by atoms with Crippen LogP contribution in [-0.4, -0.2) is 52.8 Å². The average molecular weight is 243 g/mol. The second-order valence-corrected chi connectivity index (χ2v) is 2.76. The highest BCUT2D eigenvalue weighted by Crippen LogP contribution is 1.82. The van der Waals surface area contributed by atoms with Crippen LogP contribution in [0.15, 0.2) is 5.11 Å². The van der Waals surface area contributed by atoms with Crippen LogP contribution >= 0.6 is 0 Å². The van der Waals surface area contributed by atoms with Gasteiger partial charge >= 0.3 is 0 Å². The Morgan fingerprint density at radius 3 is 2.00 bits per heavy atom. The summed E-state index contributed by atoms with van der Waals surface area (Å²) >= 11 is 0. The maximum atomic E-state index is 7.99. The van der Waals surface area contributed by atoms with Gasteiger partial charge in [-0.15, -0.1) is 0 Å². The molecule has 0 bridgehead atoms. The van der Waals surface area contributed by atoms with Crippen molar-refractivity contribution in [3.8, 4) is 12.5 Å². The molecule has 0 aromatic rings. The first-order chi connectivity index (χ1) is 8.41. The van der Waals surface area contributed by atoms with Crippen LogP contribution in [0, 0.1) is 12.5 Å². The van der Waals surface area contributed by atoms with Crippen molar-refractivity contribution in [3.05, 3.63) is 10.4 Å². The summed E-state index contributed by atoms with van der Waals surface area (Å²) in [4.78, 5) is 2.60. The molecule has 0 N–H and O–H groups in total. The molecule has 0 amide bonds. The fourth-order valence-corrected chi connectivity index (χ4v) is 0.852. The first-order valence-electron chi connectivity index (χ1n) is 5.23. The molecule has 0 saturated carbocycles. The number of hydrogen-bond donors (Lipinski definition) is 0. The molecular weight excluding hydrogens is 226 g/mol. The highest BCUT2D eigenvalue weighted by atomic mass is 16.6. The van der Waals surface area contributed by atoms with Crippen molar-refractivity contribution in [2.24, 2.45) is 5.11 Å². The van der Waals surface area contributed by atoms with Crippen LogP contribution in [0.4, 0.5) is 0 Å². The zero-order valence-electron chi connectivity index (χ0n) is 9.71. The predicted molar refractivity (Wildman–Crippen MR) is 61.3 cm³/mol. The summed E-state index contributed by atoms with van der Waals surface area (Å²) < 4.78 is 20.1. The molecule has 0 aromatic heterocycles. The number of hydrogen-bond acceptors (Lipinski definition) is 5. The zero-order valence-corrected chi connectivity index (χ0v) is 9.71. The molecule has 96 valence electrons. The molecule has 0 radical (unpaired) electrons. The second kappa shape index (κ2) is 14.6. The molecule has 7 heteroatoms. The number of terminal acetylenes is 1. The van der Waals surface area contributed by atoms with Crippen molar-refractivity contribution in [1.29, 1.82) is 0 Å². The molecule has 0 fully saturated rings. The highest BCUT2D eigenvalue weighted by Gasteiger charge is 1.91. The van der Waals surface area contributed by atoms with Crippen molar-refractivity contribution in [2.75, 3.05) is 52.8 Å². The Kier molecular flexibility index (Phi) is 13.3. The molecule has 0 spiro atoms. The second-order valence-electron chi connectivity index (χ2n) is 2.76. The van der Waals surface area contributed by atoms with Gasteiger partial charge in [0.1, 0.15) is 12.7 Å². The Bertz CT molecular complexity index is 248. The van der Waals surface area contributed by atoms with Crippen LogP contribution in [0.5, 0.6) is 0 Å². The van der Waals surface area contributed by atoms with E-state index in [9.17, 15) is 0 Å². The zero-order chi connectivity index (χ0) is 12.6. The fourth-order valence-electron chi connectivity index (χ4n) is 0.852. The van der Waals surface area contributed by atoms with Gasteiger partial charge in [-0.3, -0.25) is 0 Å². The Morgan fingerprint density at radius 2 is 1.47 bits per heavy atom. The lowest BCUT2D eigenvalue weighted by Gasteiger charge is -2.05. The molecule has 0 aliphatic heterocycles. The molecule has 0 heterocycles. The molecule has 0 aliphatic rings. The fraction of sp³-hybridized carbons (Fsp3) is 0.800. The summed E-state index contributed by atoms with van der Waals surface area (Å²) in [6, 6.07) is 0. The quantitative estimate of drug-likeness (QED) is 0.168. The monoisotopic (exact) mass is 243 g/mol. The van der Waals surface area contributed by atoms with E-state index < -0.39 is 0 Å². The van der Waals surface area contributed by atoms with E-state index >= 15 is 0 Å². The molecule has 0 aliphatic carbocycles. The third-order valence-electron chi connectivity index (χ3n) is 1.56. The van der Waals surface area contributed by atoms with Crippen LogP contribution in [0.1, 0.15) is 0 Å². The van der Waals surface area contributed by atoms with E-state index in [1.54, 1.807) is 0 Å². The van der Waals surface area contributed by atoms with Crippen LogP contribution in [0.25, 0.3) is 10.4 Å². The lowest BCUT2D eigenvalue weighted by molar-refractivity contribution is 0.00883. The van der Waals surface area contributed by atoms with Gasteiger partial charge in [-0.05, 0) is 5.53 Å². The molecule has 0 saturated heterocycles. The maximum Gasteiger partial charge on any atom is 0.123 e. The lowest BCUT2D eigenvalue weighted by Crippen LogP contribution is -2.11. The Labute approximate surface area is 101 Å². The van der Waals surface area contributed by atoms with Gasteiger partial charge in [-0.2, -0.15) is 0 Å². The van der Waals surface area contributed by atoms with Crippen molar-refractivity contribution >= 4 is 0 Å². The van der Waals surface area contributed by atoms with Crippen LogP contribution in [0.2, 0.25) is 0 Å². The SMILES string of the molecule is C#COCCOCCOCCOCCN=[N+]=[N-]. The summed E-state index contributed by atoms with van der Waals surface area (Å²) in [7, 11) is 0. The topological polar surface area (TPSA) is 85.7 Å². The first kappa shape index (κ1) is 15.6. The van der Waals surface area contributed by atoms with Crippen molar-refractivity contribution in [2.45, 2.75) is 0 Å². The standard InChI is InChI=1S/C10H17N3O4/c1-2-14-5-6-16-9-10-17-8-7-15-4-3-12-13-11/h1H,3-10H2. The van der Waals surface area contributed by atoms with Crippen molar-refractivity contribution in [3.63, 3.8) is 0 Å². The van der Waals surface area contributed by atoms with E-state index in [0.29, 0.717) is 52.8 Å². The largest absolute Gasteiger partial charge is 0.444 e. The molecule has 0 atom stereocenters. The Hall–Kier alpha value is -1.45. The van der Waals surface area contributed by atoms with Crippen molar-refractivity contribution < 1.29 is 18.9 Å². The molecule has 0 unspecified atom stereocenters. The van der Waals surface area contributed by atoms with Gasteiger partial charge in [0, 0.05) is 11.5 Å². The smallest absolute Gasteiger partial charge is 0.123 e. The van der Waals surface area contributed by atoms with Gasteiger partial charge in [0.05, 0.1) is 39.6 Å². The van der Waals surface area contributed by atoms with Gasteiger partial charge in [-0.1, -0.05) is 11.5 Å². The van der Waals surface area contributed by atoms with E-state index in [1.165, 1.54) is 0 Å². The summed E-state index contributed by atoms with van der Waals surface area (Å²) in [6.45, 7) is 3.54. The lowest BCUT2D eigenvalue weighted by atomic mass is 10.7. The van der Waals surface area contributed by atoms with Gasteiger partial charge < -0.3 is 18.9 Å². The summed E-state index contributed by atoms with van der Waals surface area (Å²) in [5.74, 6) is 0. The van der Waals surface area contributed by atoms with E-state index in [-0.39, 0.29) is 0 Å². The van der Waals surface area contributed by atoms with Gasteiger partial charge in [0.15, 0.2) is 0 Å². The van der Waals surface area contributed by atoms with Crippen molar-refractivity contribution in [1.82, 2.24) is 0 Å². The highest BCUT2D eigenvalue weighted by molar-refractivity contribution is 4.67. The molecule has 7 nitrogen and oxygen atoms in total. The van der Waals surface area contributed by atoms with Crippen LogP contribution in [-0.2, 0) is 18.9 Å². The summed E-state index contributed by atoms with van der Waals surface area (Å²) in [6.07, 6.45) is 6.92. The Morgan fingerprint density at radius 1 is 0.941 bits per heavy atom. The molecule has 17 heavy (non-hydrogen) atoms. The maximum absolute atomic E-state index is 7.99. The van der Waals surface area contributed by atoms with E-state index in [2.05, 4.69) is 14.8 Å². The third kappa shape index (κ3) is 14.6. The van der Waals surface area contributed by atoms with Gasteiger partial charge in [0.25, 0.3) is 0 Å². The Balaban J connectivity index is 2.94. The normalized spacial score (nSPS) is 9.35. The minimum Gasteiger partial charge on any atom is -0.444 e. The summed E-state index contributed by atoms with van der Waals surface area (Å²) in [5.41, 5.74) is 7.99. The third-order valence-corrected chi connectivity index (χ3v) is 1.56. The first-order valence-corrected chi connectivity index (χ1v) is 5.23. The minimum atomic E-state index is 0.342. The van der Waals surface area contributed by atoms with E-state index in [4.69, 9.17) is 26.2 Å². The van der Waals surface area contributed by atoms with Gasteiger partial charge in [-0.25, -0.2) is 0 Å². The number of azide groups is 1. The van der Waals surface area contributed by atoms with Crippen LogP contribution in [0.3, 0.4) is 0 Å². The molecule has 0 aromatic carbocycles. The van der Waals surface area contributed by atoms with E-state index in [0.717, 1.165) is 0 Å². The number of ether oxygens (including phenoxy) is 4. The predicted octanol–water partition coefficient (Wildman–Crippen LogP) is 0.954. The average Bonchev–Trinajstić information content (AvgIpc) is 2.35. The summed E-state index contributed by atoms with van der Waals surface area (Å²) in [5, 5.41) is 3.32. The minimum absolute atomic E-state index is 0.342. The van der Waals surface area contributed by atoms with Gasteiger partial charge in [0.2, 0.25) is 0 Å². The molecular formula is C10H17N3O4. The molecule has 0 rings (SSSR count).